The maximum atomic E-state index is 9.09. The fourth-order valence-electron chi connectivity index (χ4n) is 0.893. The van der Waals surface area contributed by atoms with E-state index < -0.39 is 7.12 Å². The number of hydrogen-bond acceptors (Lipinski definition) is 4. The topological polar surface area (TPSA) is 80.9 Å². The van der Waals surface area contributed by atoms with Crippen molar-refractivity contribution >= 4 is 12.6 Å². The lowest BCUT2D eigenvalue weighted by molar-refractivity contribution is 0.275. The van der Waals surface area contributed by atoms with Gasteiger partial charge in [0.1, 0.15) is 5.75 Å². The summed E-state index contributed by atoms with van der Waals surface area (Å²) in [6.45, 7) is -0.327. The van der Waals surface area contributed by atoms with Crippen LogP contribution in [-0.2, 0) is 6.61 Å². The van der Waals surface area contributed by atoms with Crippen molar-refractivity contribution < 1.29 is 20.3 Å². The first-order valence-corrected chi connectivity index (χ1v) is 3.44. The lowest BCUT2D eigenvalue weighted by Gasteiger charge is -2.03. The van der Waals surface area contributed by atoms with Crippen LogP contribution in [0.2, 0.25) is 0 Å². The highest BCUT2D eigenvalue weighted by Crippen LogP contribution is 2.13. The highest BCUT2D eigenvalue weighted by atomic mass is 16.4. The van der Waals surface area contributed by atoms with Crippen LogP contribution < -0.4 is 5.46 Å². The Kier molecular flexibility index (Phi) is 2.70. The van der Waals surface area contributed by atoms with Crippen LogP contribution in [-0.4, -0.2) is 27.4 Å². The highest BCUT2D eigenvalue weighted by Gasteiger charge is 2.12. The van der Waals surface area contributed by atoms with Crippen LogP contribution in [0.1, 0.15) is 5.56 Å². The summed E-state index contributed by atoms with van der Waals surface area (Å²) >= 11 is 0. The predicted molar refractivity (Wildman–Crippen MR) is 43.9 cm³/mol. The molecule has 0 fully saturated rings. The van der Waals surface area contributed by atoms with E-state index in [-0.39, 0.29) is 23.4 Å². The minimum absolute atomic E-state index is 0.0538. The minimum atomic E-state index is -1.57. The number of hydrogen-bond donors (Lipinski definition) is 4. The van der Waals surface area contributed by atoms with Gasteiger partial charge in [0.15, 0.2) is 0 Å². The quantitative estimate of drug-likeness (QED) is 0.408. The Bertz CT molecular complexity index is 274. The molecule has 4 N–H and O–H groups in total. The third-order valence-corrected chi connectivity index (χ3v) is 1.57. The van der Waals surface area contributed by atoms with Crippen LogP contribution in [0.15, 0.2) is 18.2 Å². The van der Waals surface area contributed by atoms with Gasteiger partial charge in [0.25, 0.3) is 0 Å². The number of rotatable bonds is 2. The number of benzene rings is 1. The Balaban J connectivity index is 3.05. The molecular weight excluding hydrogens is 159 g/mol. The number of aliphatic hydroxyl groups is 1. The van der Waals surface area contributed by atoms with E-state index in [0.29, 0.717) is 0 Å². The molecule has 0 spiro atoms. The van der Waals surface area contributed by atoms with Crippen molar-refractivity contribution in [2.24, 2.45) is 0 Å². The molecule has 0 saturated carbocycles. The molecule has 0 heterocycles. The molecule has 0 aromatic heterocycles. The smallest absolute Gasteiger partial charge is 0.488 e. The summed E-state index contributed by atoms with van der Waals surface area (Å²) in [6.07, 6.45) is 0. The largest absolute Gasteiger partial charge is 0.508 e. The average molecular weight is 168 g/mol. The molecule has 0 atom stereocenters. The standard InChI is InChI=1S/C7H9BO4/c9-4-5-3-6(8(11)12)1-2-7(5)10/h1-3,9-12H,4H2. The molecular formula is C7H9BO4. The molecule has 64 valence electrons. The Labute approximate surface area is 69.9 Å². The van der Waals surface area contributed by atoms with Crippen molar-refractivity contribution in [1.82, 2.24) is 0 Å². The van der Waals surface area contributed by atoms with Crippen LogP contribution in [0.3, 0.4) is 0 Å². The van der Waals surface area contributed by atoms with E-state index >= 15 is 0 Å². The predicted octanol–water partition coefficient (Wildman–Crippen LogP) is -1.44. The van der Waals surface area contributed by atoms with Crippen molar-refractivity contribution in [1.29, 1.82) is 0 Å². The summed E-state index contributed by atoms with van der Waals surface area (Å²) < 4.78 is 0. The molecule has 0 radical (unpaired) electrons. The summed E-state index contributed by atoms with van der Waals surface area (Å²) in [4.78, 5) is 0. The van der Waals surface area contributed by atoms with Gasteiger partial charge in [-0.25, -0.2) is 0 Å². The average Bonchev–Trinajstić information content (AvgIpc) is 2.05. The minimum Gasteiger partial charge on any atom is -0.508 e. The molecule has 5 heteroatoms. The van der Waals surface area contributed by atoms with Gasteiger partial charge in [-0.2, -0.15) is 0 Å². The molecule has 0 aliphatic rings. The highest BCUT2D eigenvalue weighted by molar-refractivity contribution is 6.58. The molecule has 0 aliphatic carbocycles. The lowest BCUT2D eigenvalue weighted by Crippen LogP contribution is -2.29. The van der Waals surface area contributed by atoms with Crippen LogP contribution in [0.4, 0.5) is 0 Å². The zero-order chi connectivity index (χ0) is 9.14. The van der Waals surface area contributed by atoms with E-state index in [0.717, 1.165) is 0 Å². The summed E-state index contributed by atoms with van der Waals surface area (Å²) in [7, 11) is -1.57. The second-order valence-corrected chi connectivity index (χ2v) is 2.42. The molecule has 12 heavy (non-hydrogen) atoms. The van der Waals surface area contributed by atoms with Gasteiger partial charge in [-0.05, 0) is 11.5 Å². The van der Waals surface area contributed by atoms with Crippen molar-refractivity contribution in [3.8, 4) is 5.75 Å². The maximum Gasteiger partial charge on any atom is 0.488 e. The molecule has 1 aromatic carbocycles. The van der Waals surface area contributed by atoms with E-state index in [4.69, 9.17) is 20.3 Å². The van der Waals surface area contributed by atoms with Crippen LogP contribution in [0.5, 0.6) is 5.75 Å². The summed E-state index contributed by atoms with van der Waals surface area (Å²) in [6, 6.07) is 4.01. The first-order valence-electron chi connectivity index (χ1n) is 3.44. The molecule has 0 amide bonds. The molecule has 0 aliphatic heterocycles. The first kappa shape index (κ1) is 9.06. The van der Waals surface area contributed by atoms with Gasteiger partial charge in [-0.1, -0.05) is 12.1 Å². The van der Waals surface area contributed by atoms with Crippen molar-refractivity contribution in [2.75, 3.05) is 0 Å². The molecule has 0 saturated heterocycles. The molecule has 0 bridgehead atoms. The maximum absolute atomic E-state index is 9.09. The second-order valence-electron chi connectivity index (χ2n) is 2.42. The van der Waals surface area contributed by atoms with E-state index in [1.54, 1.807) is 0 Å². The van der Waals surface area contributed by atoms with E-state index in [2.05, 4.69) is 0 Å². The van der Waals surface area contributed by atoms with Crippen molar-refractivity contribution in [2.45, 2.75) is 6.61 Å². The van der Waals surface area contributed by atoms with Crippen molar-refractivity contribution in [3.63, 3.8) is 0 Å². The molecule has 1 rings (SSSR count). The van der Waals surface area contributed by atoms with Crippen LogP contribution in [0.25, 0.3) is 0 Å². The Morgan fingerprint density at radius 2 is 1.92 bits per heavy atom. The molecule has 1 aromatic rings. The van der Waals surface area contributed by atoms with Gasteiger partial charge in [0.05, 0.1) is 6.61 Å². The summed E-state index contributed by atoms with van der Waals surface area (Å²) in [5.74, 6) is -0.0538. The number of aliphatic hydroxyl groups excluding tert-OH is 1. The summed E-state index contributed by atoms with van der Waals surface area (Å²) in [5, 5.41) is 35.2. The van der Waals surface area contributed by atoms with Crippen LogP contribution >= 0.6 is 0 Å². The van der Waals surface area contributed by atoms with Gasteiger partial charge in [0, 0.05) is 5.56 Å². The molecule has 0 unspecified atom stereocenters. The number of phenols is 1. The molecule has 4 nitrogen and oxygen atoms in total. The van der Waals surface area contributed by atoms with E-state index in [1.807, 2.05) is 0 Å². The van der Waals surface area contributed by atoms with Crippen LogP contribution in [0, 0.1) is 0 Å². The Morgan fingerprint density at radius 3 is 2.42 bits per heavy atom. The van der Waals surface area contributed by atoms with Gasteiger partial charge in [0.2, 0.25) is 0 Å². The van der Waals surface area contributed by atoms with Crippen molar-refractivity contribution in [3.05, 3.63) is 23.8 Å². The van der Waals surface area contributed by atoms with Gasteiger partial charge in [-0.15, -0.1) is 0 Å². The zero-order valence-corrected chi connectivity index (χ0v) is 6.31. The fourth-order valence-corrected chi connectivity index (χ4v) is 0.893. The fraction of sp³-hybridized carbons (Fsp3) is 0.143. The Hall–Kier alpha value is -1.04. The second kappa shape index (κ2) is 3.58. The van der Waals surface area contributed by atoms with Gasteiger partial charge < -0.3 is 20.3 Å². The van der Waals surface area contributed by atoms with Gasteiger partial charge in [-0.3, -0.25) is 0 Å². The summed E-state index contributed by atoms with van der Waals surface area (Å²) in [5.41, 5.74) is 0.525. The monoisotopic (exact) mass is 168 g/mol. The SMILES string of the molecule is OCc1cc(B(O)O)ccc1O. The third-order valence-electron chi connectivity index (χ3n) is 1.57. The number of aromatic hydroxyl groups is 1. The zero-order valence-electron chi connectivity index (χ0n) is 6.31. The van der Waals surface area contributed by atoms with Gasteiger partial charge >= 0.3 is 7.12 Å². The third kappa shape index (κ3) is 1.76. The van der Waals surface area contributed by atoms with E-state index in [9.17, 15) is 0 Å². The Morgan fingerprint density at radius 1 is 1.25 bits per heavy atom. The lowest BCUT2D eigenvalue weighted by atomic mass is 9.79. The normalized spacial score (nSPS) is 9.92. The van der Waals surface area contributed by atoms with E-state index in [1.165, 1.54) is 18.2 Å². The first-order chi connectivity index (χ1) is 5.65.